The number of benzene rings is 2. The Morgan fingerprint density at radius 2 is 1.64 bits per heavy atom. The summed E-state index contributed by atoms with van der Waals surface area (Å²) in [6, 6.07) is 11.7. The fraction of sp³-hybridized carbons (Fsp3) is 0.471. The summed E-state index contributed by atoms with van der Waals surface area (Å²) in [6.45, 7) is 13.5. The Balaban J connectivity index is 2.11. The maximum atomic E-state index is 15.6. The van der Waals surface area contributed by atoms with E-state index >= 15 is 8.78 Å². The van der Waals surface area contributed by atoms with E-state index in [0.717, 1.165) is 6.20 Å². The van der Waals surface area contributed by atoms with Gasteiger partial charge in [0.15, 0.2) is 11.6 Å². The molecule has 228 valence electrons. The van der Waals surface area contributed by atoms with Gasteiger partial charge in [0.2, 0.25) is 5.88 Å². The number of hydrogen-bond donors (Lipinski definition) is 1. The van der Waals surface area contributed by atoms with Crippen molar-refractivity contribution >= 4 is 5.97 Å². The summed E-state index contributed by atoms with van der Waals surface area (Å²) in [5.41, 5.74) is -0.472. The average Bonchev–Trinajstić information content (AvgIpc) is 2.94. The minimum atomic E-state index is -1.43. The smallest absolute Gasteiger partial charge is 0.306 e. The zero-order valence-corrected chi connectivity index (χ0v) is 26.1. The lowest BCUT2D eigenvalue weighted by atomic mass is 9.58. The highest BCUT2D eigenvalue weighted by Gasteiger charge is 2.51. The number of methoxy groups -OCH3 is 2. The Labute approximate surface area is 248 Å². The maximum Gasteiger partial charge on any atom is 0.306 e. The minimum absolute atomic E-state index is 0.00599. The van der Waals surface area contributed by atoms with Crippen molar-refractivity contribution in [3.8, 4) is 22.8 Å². The van der Waals surface area contributed by atoms with E-state index in [9.17, 15) is 9.90 Å². The zero-order valence-electron chi connectivity index (χ0n) is 26.1. The summed E-state index contributed by atoms with van der Waals surface area (Å²) in [5.74, 6) is -1.55. The van der Waals surface area contributed by atoms with Crippen molar-refractivity contribution in [3.05, 3.63) is 77.0 Å². The Hall–Kier alpha value is -3.52. The van der Waals surface area contributed by atoms with E-state index in [4.69, 9.17) is 14.2 Å². The number of carbonyl (C=O) groups is 1. The lowest BCUT2D eigenvalue weighted by Crippen LogP contribution is -2.50. The molecule has 0 unspecified atom stereocenters. The molecule has 8 heteroatoms. The van der Waals surface area contributed by atoms with Gasteiger partial charge < -0.3 is 19.3 Å². The van der Waals surface area contributed by atoms with Crippen LogP contribution >= 0.6 is 0 Å². The second kappa shape index (κ2) is 12.8. The van der Waals surface area contributed by atoms with E-state index < -0.39 is 34.0 Å². The van der Waals surface area contributed by atoms with Crippen LogP contribution in [0.3, 0.4) is 0 Å². The van der Waals surface area contributed by atoms with Crippen molar-refractivity contribution in [2.45, 2.75) is 79.4 Å². The van der Waals surface area contributed by atoms with Crippen molar-refractivity contribution in [3.63, 3.8) is 0 Å². The number of rotatable bonds is 10. The van der Waals surface area contributed by atoms with E-state index in [1.54, 1.807) is 30.3 Å². The summed E-state index contributed by atoms with van der Waals surface area (Å²) in [7, 11) is 2.77. The highest BCUT2D eigenvalue weighted by Crippen LogP contribution is 2.54. The molecule has 3 rings (SSSR count). The van der Waals surface area contributed by atoms with Gasteiger partial charge in [0, 0.05) is 11.6 Å². The molecule has 1 heterocycles. The zero-order chi connectivity index (χ0) is 31.5. The normalized spacial score (nSPS) is 13.0. The lowest BCUT2D eigenvalue weighted by Gasteiger charge is -2.51. The van der Waals surface area contributed by atoms with Crippen LogP contribution in [0.2, 0.25) is 0 Å². The van der Waals surface area contributed by atoms with Crippen molar-refractivity contribution in [1.29, 1.82) is 0 Å². The topological polar surface area (TPSA) is 77.9 Å². The number of ether oxygens (including phenoxy) is 3. The van der Waals surface area contributed by atoms with Crippen molar-refractivity contribution in [1.82, 2.24) is 4.98 Å². The predicted molar refractivity (Wildman–Crippen MR) is 159 cm³/mol. The van der Waals surface area contributed by atoms with Crippen LogP contribution in [-0.2, 0) is 21.7 Å². The number of esters is 1. The summed E-state index contributed by atoms with van der Waals surface area (Å²) in [6.07, 6.45) is 1.71. The molecule has 0 amide bonds. The third-order valence-electron chi connectivity index (χ3n) is 7.94. The molecular weight excluding hydrogens is 540 g/mol. The van der Waals surface area contributed by atoms with Crippen LogP contribution in [-0.4, -0.2) is 30.3 Å². The van der Waals surface area contributed by atoms with Crippen molar-refractivity contribution < 1.29 is 32.9 Å². The molecule has 0 aliphatic heterocycles. The average molecular weight is 584 g/mol. The number of aromatic nitrogens is 1. The van der Waals surface area contributed by atoms with Gasteiger partial charge in [-0.05, 0) is 57.6 Å². The number of halogens is 2. The van der Waals surface area contributed by atoms with Crippen LogP contribution < -0.4 is 9.47 Å². The van der Waals surface area contributed by atoms with Crippen LogP contribution in [0.1, 0.15) is 83.9 Å². The number of pyridine rings is 1. The number of aliphatic hydroxyl groups is 1. The molecule has 2 aromatic carbocycles. The Morgan fingerprint density at radius 1 is 0.976 bits per heavy atom. The van der Waals surface area contributed by atoms with Crippen LogP contribution in [0.4, 0.5) is 8.78 Å². The summed E-state index contributed by atoms with van der Waals surface area (Å²) < 4.78 is 46.8. The fourth-order valence-corrected chi connectivity index (χ4v) is 5.76. The van der Waals surface area contributed by atoms with Crippen LogP contribution in [0.5, 0.6) is 11.6 Å². The van der Waals surface area contributed by atoms with E-state index in [2.05, 4.69) is 4.98 Å². The molecule has 0 saturated carbocycles. The largest absolute Gasteiger partial charge is 0.486 e. The van der Waals surface area contributed by atoms with E-state index in [1.807, 2.05) is 48.5 Å². The molecule has 0 bridgehead atoms. The molecule has 0 aliphatic carbocycles. The first kappa shape index (κ1) is 33.0. The second-order valence-electron chi connectivity index (χ2n) is 12.6. The number of carbonyl (C=O) groups excluding carboxylic acids is 1. The van der Waals surface area contributed by atoms with Gasteiger partial charge in [-0.1, -0.05) is 72.7 Å². The minimum Gasteiger partial charge on any atom is -0.486 e. The maximum absolute atomic E-state index is 15.6. The predicted octanol–water partition coefficient (Wildman–Crippen LogP) is 7.95. The number of nitrogens with zero attached hydrogens (tertiary/aromatic N) is 1. The highest BCUT2D eigenvalue weighted by molar-refractivity contribution is 5.71. The summed E-state index contributed by atoms with van der Waals surface area (Å²) >= 11 is 0. The molecule has 6 nitrogen and oxygen atoms in total. The molecule has 0 radical (unpaired) electrons. The Bertz CT molecular complexity index is 1390. The first-order valence-corrected chi connectivity index (χ1v) is 14.1. The first-order chi connectivity index (χ1) is 19.6. The lowest BCUT2D eigenvalue weighted by molar-refractivity contribution is -0.144. The molecule has 0 fully saturated rings. The quantitative estimate of drug-likeness (QED) is 0.244. The van der Waals surface area contributed by atoms with Gasteiger partial charge in [-0.15, -0.1) is 0 Å². The third-order valence-corrected chi connectivity index (χ3v) is 7.94. The van der Waals surface area contributed by atoms with Gasteiger partial charge in [0.25, 0.3) is 0 Å². The standard InChI is InChI=1S/C34H43F2NO5/c1-10-22(17-30(38)41-9)23-12-11-13-28(31(23)36)42-20-21-14-15-24(25-18-29(40-8)37-19-27(25)35)26(16-21)34(39,32(2,3)4)33(5,6)7/h11-16,18-19,22,39H,10,17,20H2,1-9H3/t22-/m1/s1. The van der Waals surface area contributed by atoms with Crippen LogP contribution in [0.25, 0.3) is 11.1 Å². The highest BCUT2D eigenvalue weighted by atomic mass is 19.1. The Kier molecular flexibility index (Phi) is 10.0. The van der Waals surface area contributed by atoms with Crippen LogP contribution in [0.15, 0.2) is 48.7 Å². The number of hydrogen-bond acceptors (Lipinski definition) is 6. The molecular formula is C34H43F2NO5. The van der Waals surface area contributed by atoms with Gasteiger partial charge in [-0.25, -0.2) is 13.8 Å². The van der Waals surface area contributed by atoms with Gasteiger partial charge in [-0.2, -0.15) is 0 Å². The molecule has 0 aliphatic rings. The molecule has 42 heavy (non-hydrogen) atoms. The van der Waals surface area contributed by atoms with E-state index in [1.165, 1.54) is 26.4 Å². The fourth-order valence-electron chi connectivity index (χ4n) is 5.76. The van der Waals surface area contributed by atoms with Gasteiger partial charge in [-0.3, -0.25) is 4.79 Å². The molecule has 1 N–H and O–H groups in total. The Morgan fingerprint density at radius 3 is 2.21 bits per heavy atom. The van der Waals surface area contributed by atoms with Gasteiger partial charge in [0.1, 0.15) is 12.4 Å². The SMILES string of the molecule is CC[C@H](CC(=O)OC)c1cccc(OCc2ccc(-c3cc(OC)ncc3F)c(C(O)(C(C)(C)C)C(C)(C)C)c2)c1F. The second-order valence-corrected chi connectivity index (χ2v) is 12.6. The van der Waals surface area contributed by atoms with Crippen molar-refractivity contribution in [2.75, 3.05) is 14.2 Å². The molecule has 1 aromatic heterocycles. The van der Waals surface area contributed by atoms with Crippen molar-refractivity contribution in [2.24, 2.45) is 10.8 Å². The molecule has 0 saturated heterocycles. The van der Waals surface area contributed by atoms with E-state index in [-0.39, 0.29) is 36.1 Å². The van der Waals surface area contributed by atoms with E-state index in [0.29, 0.717) is 28.7 Å². The summed E-state index contributed by atoms with van der Waals surface area (Å²) in [5, 5.41) is 12.5. The van der Waals surface area contributed by atoms with Crippen LogP contribution in [0, 0.1) is 22.5 Å². The third kappa shape index (κ3) is 6.59. The van der Waals surface area contributed by atoms with Gasteiger partial charge in [0.05, 0.1) is 32.4 Å². The summed E-state index contributed by atoms with van der Waals surface area (Å²) in [4.78, 5) is 15.8. The van der Waals surface area contributed by atoms with Gasteiger partial charge >= 0.3 is 5.97 Å². The molecule has 0 spiro atoms. The molecule has 1 atom stereocenters. The monoisotopic (exact) mass is 583 g/mol. The molecule has 3 aromatic rings. The first-order valence-electron chi connectivity index (χ1n) is 14.1.